The van der Waals surface area contributed by atoms with Gasteiger partial charge in [-0.25, -0.2) is 0 Å². The van der Waals surface area contributed by atoms with Crippen molar-refractivity contribution in [3.05, 3.63) is 47.0 Å². The fourth-order valence-corrected chi connectivity index (χ4v) is 1.94. The zero-order chi connectivity index (χ0) is 9.26. The van der Waals surface area contributed by atoms with Crippen LogP contribution in [0.4, 0.5) is 0 Å². The second kappa shape index (κ2) is 3.21. The van der Waals surface area contributed by atoms with Gasteiger partial charge in [-0.15, -0.1) is 0 Å². The summed E-state index contributed by atoms with van der Waals surface area (Å²) in [6, 6.07) is 4.34. The van der Waals surface area contributed by atoms with Gasteiger partial charge in [0.25, 0.3) is 0 Å². The molecule has 2 rings (SSSR count). The van der Waals surface area contributed by atoms with E-state index in [4.69, 9.17) is 0 Å². The number of benzene rings is 1. The zero-order valence-corrected chi connectivity index (χ0v) is 8.01. The number of rotatable bonds is 1. The Bertz CT molecular complexity index is 370. The summed E-state index contributed by atoms with van der Waals surface area (Å²) in [5, 5.41) is 0. The van der Waals surface area contributed by atoms with E-state index in [2.05, 4.69) is 37.8 Å². The lowest BCUT2D eigenvalue weighted by Gasteiger charge is -2.15. The molecule has 0 saturated carbocycles. The molecule has 0 fully saturated rings. The molecule has 0 aliphatic heterocycles. The van der Waals surface area contributed by atoms with Crippen molar-refractivity contribution in [1.82, 2.24) is 0 Å². The molecule has 0 saturated heterocycles. The van der Waals surface area contributed by atoms with E-state index in [-0.39, 0.29) is 0 Å². The summed E-state index contributed by atoms with van der Waals surface area (Å²) in [5.41, 5.74) is 5.56. The van der Waals surface area contributed by atoms with Crippen molar-refractivity contribution in [3.63, 3.8) is 0 Å². The van der Waals surface area contributed by atoms with E-state index in [9.17, 15) is 0 Å². The maximum Gasteiger partial charge on any atom is -0.0225 e. The first-order valence-corrected chi connectivity index (χ1v) is 4.74. The monoisotopic (exact) mass is 170 g/mol. The van der Waals surface area contributed by atoms with Crippen molar-refractivity contribution in [3.8, 4) is 0 Å². The molecule has 1 aromatic carbocycles. The van der Waals surface area contributed by atoms with Gasteiger partial charge in [0.05, 0.1) is 0 Å². The van der Waals surface area contributed by atoms with E-state index in [0.717, 1.165) is 0 Å². The summed E-state index contributed by atoms with van der Waals surface area (Å²) in [6.07, 6.45) is 8.76. The van der Waals surface area contributed by atoms with Crippen LogP contribution in [0.15, 0.2) is 24.8 Å². The molecule has 0 radical (unpaired) electrons. The molecule has 0 unspecified atom stereocenters. The molecule has 66 valence electrons. The quantitative estimate of drug-likeness (QED) is 0.604. The number of fused-ring (bicyclic) bond motifs is 1. The lowest BCUT2D eigenvalue weighted by atomic mass is 9.90. The van der Waals surface area contributed by atoms with Crippen molar-refractivity contribution in [1.29, 1.82) is 0 Å². The highest BCUT2D eigenvalue weighted by atomic mass is 14.1. The highest BCUT2D eigenvalue weighted by Gasteiger charge is 2.08. The number of hydrogen-bond acceptors (Lipinski definition) is 0. The Morgan fingerprint density at radius 1 is 1.38 bits per heavy atom. The topological polar surface area (TPSA) is 0 Å². The van der Waals surface area contributed by atoms with Gasteiger partial charge in [0, 0.05) is 0 Å². The third-order valence-corrected chi connectivity index (χ3v) is 2.75. The molecule has 0 amide bonds. The van der Waals surface area contributed by atoms with Crippen LogP contribution >= 0.6 is 0 Å². The summed E-state index contributed by atoms with van der Waals surface area (Å²) in [5.74, 6) is 0. The maximum atomic E-state index is 3.82. The van der Waals surface area contributed by atoms with E-state index >= 15 is 0 Å². The average Bonchev–Trinajstić information content (AvgIpc) is 2.19. The van der Waals surface area contributed by atoms with E-state index in [1.807, 2.05) is 6.08 Å². The third kappa shape index (κ3) is 1.33. The molecule has 0 nitrogen and oxygen atoms in total. The first-order chi connectivity index (χ1) is 6.33. The number of hydrogen-bond donors (Lipinski definition) is 0. The van der Waals surface area contributed by atoms with Gasteiger partial charge in [-0.05, 0) is 42.0 Å². The summed E-state index contributed by atoms with van der Waals surface area (Å²) < 4.78 is 0. The van der Waals surface area contributed by atoms with Crippen molar-refractivity contribution >= 4 is 12.2 Å². The van der Waals surface area contributed by atoms with Gasteiger partial charge in [-0.3, -0.25) is 0 Å². The summed E-state index contributed by atoms with van der Waals surface area (Å²) in [7, 11) is 0. The van der Waals surface area contributed by atoms with E-state index in [1.54, 1.807) is 0 Å². The summed E-state index contributed by atoms with van der Waals surface area (Å²) >= 11 is 0. The van der Waals surface area contributed by atoms with Crippen molar-refractivity contribution in [2.75, 3.05) is 0 Å². The minimum Gasteiger partial charge on any atom is -0.0985 e. The molecule has 0 aromatic heterocycles. The van der Waals surface area contributed by atoms with E-state index < -0.39 is 0 Å². The lowest BCUT2D eigenvalue weighted by Crippen LogP contribution is -1.98. The highest BCUT2D eigenvalue weighted by molar-refractivity contribution is 5.64. The standard InChI is InChI=1S/C13H14/c1-3-11-8-9-12-6-4-5-7-13(12)10(11)2/h3-4,6,8-9H,1,5,7H2,2H3. The predicted octanol–water partition coefficient (Wildman–Crippen LogP) is 3.60. The summed E-state index contributed by atoms with van der Waals surface area (Å²) in [4.78, 5) is 0. The van der Waals surface area contributed by atoms with Crippen LogP contribution < -0.4 is 0 Å². The number of allylic oxidation sites excluding steroid dienone is 1. The highest BCUT2D eigenvalue weighted by Crippen LogP contribution is 2.25. The largest absolute Gasteiger partial charge is 0.0985 e. The molecule has 1 aliphatic rings. The molecule has 0 heterocycles. The van der Waals surface area contributed by atoms with Crippen LogP contribution in [0.5, 0.6) is 0 Å². The maximum absolute atomic E-state index is 3.82. The molecule has 13 heavy (non-hydrogen) atoms. The Hall–Kier alpha value is -1.30. The van der Waals surface area contributed by atoms with E-state index in [1.165, 1.54) is 35.1 Å². The van der Waals surface area contributed by atoms with Gasteiger partial charge < -0.3 is 0 Å². The fraction of sp³-hybridized carbons (Fsp3) is 0.231. The molecule has 0 spiro atoms. The second-order valence-electron chi connectivity index (χ2n) is 3.49. The Morgan fingerprint density at radius 3 is 3.00 bits per heavy atom. The van der Waals surface area contributed by atoms with Crippen molar-refractivity contribution < 1.29 is 0 Å². The van der Waals surface area contributed by atoms with Gasteiger partial charge >= 0.3 is 0 Å². The van der Waals surface area contributed by atoms with Gasteiger partial charge in [0.2, 0.25) is 0 Å². The van der Waals surface area contributed by atoms with Crippen LogP contribution in [0.3, 0.4) is 0 Å². The minimum atomic E-state index is 1.18. The van der Waals surface area contributed by atoms with Gasteiger partial charge in [0.1, 0.15) is 0 Å². The first-order valence-electron chi connectivity index (χ1n) is 4.74. The van der Waals surface area contributed by atoms with Gasteiger partial charge in [-0.1, -0.05) is 36.9 Å². The van der Waals surface area contributed by atoms with Gasteiger partial charge in [0.15, 0.2) is 0 Å². The molecule has 0 bridgehead atoms. The lowest BCUT2D eigenvalue weighted by molar-refractivity contribution is 0.970. The zero-order valence-electron chi connectivity index (χ0n) is 8.01. The molecule has 1 aliphatic carbocycles. The van der Waals surface area contributed by atoms with Crippen molar-refractivity contribution in [2.45, 2.75) is 19.8 Å². The second-order valence-corrected chi connectivity index (χ2v) is 3.49. The van der Waals surface area contributed by atoms with Crippen LogP contribution in [-0.2, 0) is 6.42 Å². The van der Waals surface area contributed by atoms with Crippen molar-refractivity contribution in [2.24, 2.45) is 0 Å². The molecule has 0 heteroatoms. The Morgan fingerprint density at radius 2 is 2.23 bits per heavy atom. The SMILES string of the molecule is C=Cc1ccc2c(c1C)CCC=C2. The Balaban J connectivity index is 2.62. The fourth-order valence-electron chi connectivity index (χ4n) is 1.94. The Labute approximate surface area is 79.6 Å². The van der Waals surface area contributed by atoms with Gasteiger partial charge in [-0.2, -0.15) is 0 Å². The molecule has 0 atom stereocenters. The third-order valence-electron chi connectivity index (χ3n) is 2.75. The summed E-state index contributed by atoms with van der Waals surface area (Å²) in [6.45, 7) is 6.01. The molecular weight excluding hydrogens is 156 g/mol. The van der Waals surface area contributed by atoms with Crippen LogP contribution in [0.2, 0.25) is 0 Å². The average molecular weight is 170 g/mol. The van der Waals surface area contributed by atoms with Crippen LogP contribution in [0.1, 0.15) is 28.7 Å². The van der Waals surface area contributed by atoms with Crippen LogP contribution in [0.25, 0.3) is 12.2 Å². The Kier molecular flexibility index (Phi) is 2.05. The molecule has 0 N–H and O–H groups in total. The van der Waals surface area contributed by atoms with Crippen LogP contribution in [0, 0.1) is 6.92 Å². The molecule has 1 aromatic rings. The smallest absolute Gasteiger partial charge is 0.0225 e. The van der Waals surface area contributed by atoms with Crippen LogP contribution in [-0.4, -0.2) is 0 Å². The normalized spacial score (nSPS) is 13.9. The van der Waals surface area contributed by atoms with E-state index in [0.29, 0.717) is 0 Å². The molecular formula is C13H14. The predicted molar refractivity (Wildman–Crippen MR) is 58.6 cm³/mol. The minimum absolute atomic E-state index is 1.18. The first kappa shape index (κ1) is 8.31.